The molecule has 1 saturated heterocycles. The molecule has 1 aliphatic rings. The van der Waals surface area contributed by atoms with Crippen LogP contribution >= 0.6 is 0 Å². The van der Waals surface area contributed by atoms with E-state index in [1.54, 1.807) is 7.05 Å². The summed E-state index contributed by atoms with van der Waals surface area (Å²) < 4.78 is 5.59. The van der Waals surface area contributed by atoms with Gasteiger partial charge in [-0.25, -0.2) is 0 Å². The number of carbonyl (C=O) groups excluding carboxylic acids is 2. The fraction of sp³-hybridized carbons (Fsp3) is 0.857. The van der Waals surface area contributed by atoms with Crippen LogP contribution in [0.3, 0.4) is 0 Å². The van der Waals surface area contributed by atoms with Gasteiger partial charge in [-0.15, -0.1) is 0 Å². The molecule has 6 nitrogen and oxygen atoms in total. The van der Waals surface area contributed by atoms with Gasteiger partial charge in [0.15, 0.2) is 0 Å². The molecule has 0 aliphatic carbocycles. The summed E-state index contributed by atoms with van der Waals surface area (Å²) in [6, 6.07) is 0. The summed E-state index contributed by atoms with van der Waals surface area (Å²) in [4.78, 5) is 25.0. The highest BCUT2D eigenvalue weighted by atomic mass is 16.5. The number of nitrogens with one attached hydrogen (secondary N) is 2. The van der Waals surface area contributed by atoms with Gasteiger partial charge in [0.2, 0.25) is 11.8 Å². The topological polar surface area (TPSA) is 70.7 Å². The zero-order chi connectivity index (χ0) is 15.2. The molecule has 0 atom stereocenters. The van der Waals surface area contributed by atoms with Gasteiger partial charge in [0, 0.05) is 12.6 Å². The van der Waals surface area contributed by atoms with Crippen LogP contribution in [-0.2, 0) is 14.3 Å². The number of hydrogen-bond acceptors (Lipinski definition) is 4. The van der Waals surface area contributed by atoms with Gasteiger partial charge in [0.1, 0.15) is 6.61 Å². The highest BCUT2D eigenvalue weighted by molar-refractivity contribution is 5.85. The normalized spacial score (nSPS) is 16.8. The second-order valence-corrected chi connectivity index (χ2v) is 6.31. The summed E-state index contributed by atoms with van der Waals surface area (Å²) in [5.74, 6) is -0.317. The Hall–Kier alpha value is -1.14. The molecular formula is C14H27N3O3. The lowest BCUT2D eigenvalue weighted by molar-refractivity contribution is -0.140. The monoisotopic (exact) mass is 285 g/mol. The molecule has 0 aromatic rings. The van der Waals surface area contributed by atoms with E-state index in [0.29, 0.717) is 0 Å². The second kappa shape index (κ2) is 7.59. The van der Waals surface area contributed by atoms with Crippen LogP contribution in [0.5, 0.6) is 0 Å². The second-order valence-electron chi connectivity index (χ2n) is 6.31. The van der Waals surface area contributed by atoms with Crippen LogP contribution in [0.4, 0.5) is 0 Å². The Morgan fingerprint density at radius 1 is 1.30 bits per heavy atom. The lowest BCUT2D eigenvalue weighted by Crippen LogP contribution is -2.47. The average Bonchev–Trinajstić information content (AvgIpc) is 2.34. The fourth-order valence-electron chi connectivity index (χ4n) is 2.02. The number of nitrogens with zero attached hydrogens (tertiary/aromatic N) is 1. The van der Waals surface area contributed by atoms with Gasteiger partial charge in [-0.2, -0.15) is 0 Å². The lowest BCUT2D eigenvalue weighted by Gasteiger charge is -2.25. The Labute approximate surface area is 121 Å². The minimum Gasteiger partial charge on any atom is -0.368 e. The fourth-order valence-corrected chi connectivity index (χ4v) is 2.02. The van der Waals surface area contributed by atoms with Crippen LogP contribution in [0.2, 0.25) is 0 Å². The first-order valence-corrected chi connectivity index (χ1v) is 7.15. The zero-order valence-electron chi connectivity index (χ0n) is 13.0. The van der Waals surface area contributed by atoms with E-state index < -0.39 is 0 Å². The van der Waals surface area contributed by atoms with Crippen molar-refractivity contribution in [3.8, 4) is 0 Å². The van der Waals surface area contributed by atoms with Gasteiger partial charge in [0.05, 0.1) is 12.6 Å². The largest absolute Gasteiger partial charge is 0.368 e. The number of rotatable bonds is 5. The molecule has 1 aliphatic heterocycles. The van der Waals surface area contributed by atoms with Crippen molar-refractivity contribution >= 4 is 11.8 Å². The van der Waals surface area contributed by atoms with E-state index in [1.807, 2.05) is 20.8 Å². The van der Waals surface area contributed by atoms with Crippen molar-refractivity contribution in [2.75, 3.05) is 33.3 Å². The molecule has 1 heterocycles. The van der Waals surface area contributed by atoms with Crippen LogP contribution in [0.25, 0.3) is 0 Å². The molecule has 2 amide bonds. The molecule has 0 bridgehead atoms. The lowest BCUT2D eigenvalue weighted by atomic mass is 10.1. The molecule has 0 aromatic carbocycles. The smallest absolute Gasteiger partial charge is 0.248 e. The summed E-state index contributed by atoms with van der Waals surface area (Å²) in [7, 11) is 1.62. The predicted molar refractivity (Wildman–Crippen MR) is 77.4 cm³/mol. The van der Waals surface area contributed by atoms with E-state index >= 15 is 0 Å². The maximum Gasteiger partial charge on any atom is 0.248 e. The third-order valence-electron chi connectivity index (χ3n) is 3.05. The molecule has 0 unspecified atom stereocenters. The number of amides is 2. The van der Waals surface area contributed by atoms with E-state index in [4.69, 9.17) is 4.74 Å². The van der Waals surface area contributed by atoms with Crippen molar-refractivity contribution in [2.45, 2.75) is 45.3 Å². The number of likely N-dealkylation sites (N-methyl/N-ethyl adjacent to an activating group) is 1. The molecule has 0 radical (unpaired) electrons. The molecular weight excluding hydrogens is 258 g/mol. The van der Waals surface area contributed by atoms with E-state index in [9.17, 15) is 9.59 Å². The summed E-state index contributed by atoms with van der Waals surface area (Å²) >= 11 is 0. The molecule has 20 heavy (non-hydrogen) atoms. The van der Waals surface area contributed by atoms with Crippen LogP contribution < -0.4 is 10.6 Å². The molecule has 6 heteroatoms. The average molecular weight is 285 g/mol. The van der Waals surface area contributed by atoms with Crippen LogP contribution in [0, 0.1) is 0 Å². The summed E-state index contributed by atoms with van der Waals surface area (Å²) in [6.07, 6.45) is 2.01. The molecule has 1 fully saturated rings. The molecule has 0 saturated carbocycles. The Morgan fingerprint density at radius 3 is 2.45 bits per heavy atom. The summed E-state index contributed by atoms with van der Waals surface area (Å²) in [6.45, 7) is 7.70. The van der Waals surface area contributed by atoms with Gasteiger partial charge in [0.25, 0.3) is 0 Å². The first-order chi connectivity index (χ1) is 9.28. The Balaban J connectivity index is 2.26. The molecule has 1 rings (SSSR count). The van der Waals surface area contributed by atoms with Crippen molar-refractivity contribution in [3.05, 3.63) is 0 Å². The Kier molecular flexibility index (Phi) is 6.42. The third kappa shape index (κ3) is 6.86. The Morgan fingerprint density at radius 2 is 1.90 bits per heavy atom. The number of hydrogen-bond donors (Lipinski definition) is 2. The summed E-state index contributed by atoms with van der Waals surface area (Å²) in [5, 5.41) is 6.07. The maximum absolute atomic E-state index is 11.9. The van der Waals surface area contributed by atoms with E-state index in [-0.39, 0.29) is 36.6 Å². The highest BCUT2D eigenvalue weighted by Gasteiger charge is 2.19. The first kappa shape index (κ1) is 16.9. The van der Waals surface area contributed by atoms with Gasteiger partial charge in [-0.1, -0.05) is 0 Å². The first-order valence-electron chi connectivity index (χ1n) is 7.15. The number of ether oxygens (including phenoxy) is 1. The Bertz CT molecular complexity index is 333. The predicted octanol–water partition coefficient (Wildman–Crippen LogP) is 0.128. The number of carbonyl (C=O) groups is 2. The molecule has 0 spiro atoms. The minimum absolute atomic E-state index is 0.0456. The van der Waals surface area contributed by atoms with Crippen molar-refractivity contribution in [3.63, 3.8) is 0 Å². The molecule has 0 aromatic heterocycles. The van der Waals surface area contributed by atoms with Crippen molar-refractivity contribution in [1.29, 1.82) is 0 Å². The maximum atomic E-state index is 11.9. The van der Waals surface area contributed by atoms with Crippen LogP contribution in [-0.4, -0.2) is 61.6 Å². The SMILES string of the molecule is CN(CC(=O)NC(C)(C)C)C(=O)COC1CCNCC1. The third-order valence-corrected chi connectivity index (χ3v) is 3.05. The minimum atomic E-state index is -0.285. The van der Waals surface area contributed by atoms with E-state index in [0.717, 1.165) is 25.9 Å². The van der Waals surface area contributed by atoms with Gasteiger partial charge in [-0.05, 0) is 46.7 Å². The van der Waals surface area contributed by atoms with E-state index in [2.05, 4.69) is 10.6 Å². The molecule has 116 valence electrons. The quantitative estimate of drug-likeness (QED) is 0.753. The van der Waals surface area contributed by atoms with Gasteiger partial charge in [-0.3, -0.25) is 9.59 Å². The van der Waals surface area contributed by atoms with Crippen LogP contribution in [0.15, 0.2) is 0 Å². The summed E-state index contributed by atoms with van der Waals surface area (Å²) in [5.41, 5.74) is -0.285. The highest BCUT2D eigenvalue weighted by Crippen LogP contribution is 2.07. The van der Waals surface area contributed by atoms with Crippen molar-refractivity contribution in [2.24, 2.45) is 0 Å². The van der Waals surface area contributed by atoms with Crippen molar-refractivity contribution < 1.29 is 14.3 Å². The van der Waals surface area contributed by atoms with E-state index in [1.165, 1.54) is 4.90 Å². The van der Waals surface area contributed by atoms with Gasteiger partial charge >= 0.3 is 0 Å². The molecule has 2 N–H and O–H groups in total. The standard InChI is InChI=1S/C14H27N3O3/c1-14(2,3)16-12(18)9-17(4)13(19)10-20-11-5-7-15-8-6-11/h11,15H,5-10H2,1-4H3,(H,16,18). The van der Waals surface area contributed by atoms with Crippen LogP contribution in [0.1, 0.15) is 33.6 Å². The zero-order valence-corrected chi connectivity index (χ0v) is 13.0. The van der Waals surface area contributed by atoms with Crippen molar-refractivity contribution in [1.82, 2.24) is 15.5 Å². The van der Waals surface area contributed by atoms with Gasteiger partial charge < -0.3 is 20.3 Å². The number of piperidine rings is 1.